The molecule has 0 fully saturated rings. The maximum Gasteiger partial charge on any atom is 0.340 e. The summed E-state index contributed by atoms with van der Waals surface area (Å²) in [5.74, 6) is 0.0878. The molecule has 1 aromatic carbocycles. The minimum Gasteiger partial charge on any atom is -0.358 e. The van der Waals surface area contributed by atoms with Gasteiger partial charge in [-0.1, -0.05) is 38.5 Å². The summed E-state index contributed by atoms with van der Waals surface area (Å²) in [6.07, 6.45) is 4.42. The molecule has 0 saturated heterocycles. The molecular formula is C16H19NO3S. The molecule has 0 atom stereocenters. The van der Waals surface area contributed by atoms with Gasteiger partial charge in [-0.25, -0.2) is 4.98 Å². The van der Waals surface area contributed by atoms with E-state index in [1.807, 2.05) is 25.1 Å². The van der Waals surface area contributed by atoms with Crippen molar-refractivity contribution in [3.8, 4) is 5.88 Å². The van der Waals surface area contributed by atoms with Crippen LogP contribution >= 0.6 is 0 Å². The Morgan fingerprint density at radius 3 is 2.19 bits per heavy atom. The lowest BCUT2D eigenvalue weighted by molar-refractivity contribution is 0.476. The molecule has 0 saturated carbocycles. The average molecular weight is 305 g/mol. The highest BCUT2D eigenvalue weighted by Crippen LogP contribution is 2.18. The number of rotatable bonds is 6. The molecule has 0 radical (unpaired) electrons. The minimum absolute atomic E-state index is 0.0878. The van der Waals surface area contributed by atoms with E-state index < -0.39 is 10.1 Å². The quantitative estimate of drug-likeness (QED) is 0.768. The van der Waals surface area contributed by atoms with Crippen molar-refractivity contribution in [2.75, 3.05) is 0 Å². The summed E-state index contributed by atoms with van der Waals surface area (Å²) in [6, 6.07) is 10.1. The molecule has 21 heavy (non-hydrogen) atoms. The standard InChI is InChI=1S/C16H19NO3S/c1-3-5-14-6-9-15(10-7-14)21(18,19)20-16-11-8-13(4-2)12-17-16/h6-12H,3-5H2,1-2H3. The smallest absolute Gasteiger partial charge is 0.340 e. The number of nitrogens with zero attached hydrogens (tertiary/aromatic N) is 1. The summed E-state index contributed by atoms with van der Waals surface area (Å²) < 4.78 is 29.4. The van der Waals surface area contributed by atoms with E-state index in [2.05, 4.69) is 11.9 Å². The van der Waals surface area contributed by atoms with E-state index in [4.69, 9.17) is 4.18 Å². The second-order valence-electron chi connectivity index (χ2n) is 4.79. The predicted octanol–water partition coefficient (Wildman–Crippen LogP) is 3.36. The molecule has 0 N–H and O–H groups in total. The lowest BCUT2D eigenvalue weighted by atomic mass is 10.1. The van der Waals surface area contributed by atoms with Gasteiger partial charge in [0.1, 0.15) is 4.90 Å². The van der Waals surface area contributed by atoms with E-state index in [9.17, 15) is 8.42 Å². The molecule has 4 nitrogen and oxygen atoms in total. The van der Waals surface area contributed by atoms with Crippen LogP contribution in [-0.4, -0.2) is 13.4 Å². The molecule has 2 aromatic rings. The van der Waals surface area contributed by atoms with Crippen LogP contribution in [0.5, 0.6) is 5.88 Å². The molecule has 1 heterocycles. The van der Waals surface area contributed by atoms with Crippen molar-refractivity contribution in [2.45, 2.75) is 38.0 Å². The molecule has 1 aromatic heterocycles. The van der Waals surface area contributed by atoms with Gasteiger partial charge >= 0.3 is 10.1 Å². The van der Waals surface area contributed by atoms with Gasteiger partial charge in [0, 0.05) is 12.3 Å². The Kier molecular flexibility index (Phi) is 4.96. The lowest BCUT2D eigenvalue weighted by Crippen LogP contribution is -2.10. The van der Waals surface area contributed by atoms with Crippen molar-refractivity contribution in [3.05, 3.63) is 53.7 Å². The van der Waals surface area contributed by atoms with Crippen LogP contribution in [0.25, 0.3) is 0 Å². The van der Waals surface area contributed by atoms with Crippen LogP contribution in [0.4, 0.5) is 0 Å². The summed E-state index contributed by atoms with van der Waals surface area (Å²) >= 11 is 0. The molecule has 0 spiro atoms. The van der Waals surface area contributed by atoms with Crippen molar-refractivity contribution >= 4 is 10.1 Å². The summed E-state index contributed by atoms with van der Waals surface area (Å²) in [5, 5.41) is 0. The van der Waals surface area contributed by atoms with E-state index in [1.54, 1.807) is 24.4 Å². The predicted molar refractivity (Wildman–Crippen MR) is 81.9 cm³/mol. The van der Waals surface area contributed by atoms with Crippen molar-refractivity contribution in [1.29, 1.82) is 0 Å². The lowest BCUT2D eigenvalue weighted by Gasteiger charge is -2.07. The summed E-state index contributed by atoms with van der Waals surface area (Å²) in [4.78, 5) is 4.15. The van der Waals surface area contributed by atoms with Gasteiger partial charge < -0.3 is 4.18 Å². The van der Waals surface area contributed by atoms with Crippen molar-refractivity contribution in [2.24, 2.45) is 0 Å². The third kappa shape index (κ3) is 4.04. The Labute approximate surface area is 125 Å². The highest BCUT2D eigenvalue weighted by Gasteiger charge is 2.17. The topological polar surface area (TPSA) is 56.3 Å². The summed E-state index contributed by atoms with van der Waals surface area (Å²) in [7, 11) is -3.83. The third-order valence-electron chi connectivity index (χ3n) is 3.15. The molecule has 2 rings (SSSR count). The fourth-order valence-electron chi connectivity index (χ4n) is 1.94. The Morgan fingerprint density at radius 1 is 1.00 bits per heavy atom. The van der Waals surface area contributed by atoms with Crippen LogP contribution in [0.1, 0.15) is 31.4 Å². The zero-order chi connectivity index (χ0) is 15.3. The Morgan fingerprint density at radius 2 is 1.67 bits per heavy atom. The first-order valence-corrected chi connectivity index (χ1v) is 8.44. The molecule has 0 amide bonds. The van der Waals surface area contributed by atoms with Gasteiger partial charge in [0.2, 0.25) is 5.88 Å². The van der Waals surface area contributed by atoms with E-state index >= 15 is 0 Å². The zero-order valence-corrected chi connectivity index (χ0v) is 13.1. The molecule has 0 aliphatic heterocycles. The van der Waals surface area contributed by atoms with Gasteiger partial charge in [-0.2, -0.15) is 8.42 Å². The second-order valence-corrected chi connectivity index (χ2v) is 6.34. The number of hydrogen-bond acceptors (Lipinski definition) is 4. The fraction of sp³-hybridized carbons (Fsp3) is 0.312. The van der Waals surface area contributed by atoms with Gasteiger partial charge in [0.15, 0.2) is 0 Å². The maximum absolute atomic E-state index is 12.2. The second kappa shape index (κ2) is 6.72. The van der Waals surface area contributed by atoms with Crippen LogP contribution < -0.4 is 4.18 Å². The third-order valence-corrected chi connectivity index (χ3v) is 4.39. The van der Waals surface area contributed by atoms with Crippen LogP contribution in [0.15, 0.2) is 47.5 Å². The molecule has 0 aliphatic carbocycles. The first-order valence-electron chi connectivity index (χ1n) is 7.03. The molecular weight excluding hydrogens is 286 g/mol. The Balaban J connectivity index is 2.16. The summed E-state index contributed by atoms with van der Waals surface area (Å²) in [5.41, 5.74) is 2.14. The minimum atomic E-state index is -3.83. The van der Waals surface area contributed by atoms with Gasteiger partial charge in [0.05, 0.1) is 0 Å². The number of benzene rings is 1. The normalized spacial score (nSPS) is 11.3. The first kappa shape index (κ1) is 15.5. The first-order chi connectivity index (χ1) is 10.0. The largest absolute Gasteiger partial charge is 0.358 e. The van der Waals surface area contributed by atoms with Crippen molar-refractivity contribution in [3.63, 3.8) is 0 Å². The number of aryl methyl sites for hydroxylation is 2. The molecule has 112 valence electrons. The van der Waals surface area contributed by atoms with E-state index in [-0.39, 0.29) is 10.8 Å². The highest BCUT2D eigenvalue weighted by molar-refractivity contribution is 7.87. The van der Waals surface area contributed by atoms with Crippen molar-refractivity contribution < 1.29 is 12.6 Å². The number of pyridine rings is 1. The zero-order valence-electron chi connectivity index (χ0n) is 12.2. The Hall–Kier alpha value is -1.88. The van der Waals surface area contributed by atoms with E-state index in [1.165, 1.54) is 0 Å². The number of aromatic nitrogens is 1. The van der Waals surface area contributed by atoms with Gasteiger partial charge in [-0.05, 0) is 36.1 Å². The summed E-state index contributed by atoms with van der Waals surface area (Å²) in [6.45, 7) is 4.09. The Bertz CT molecular complexity index is 676. The monoisotopic (exact) mass is 305 g/mol. The van der Waals surface area contributed by atoms with Gasteiger partial charge in [-0.15, -0.1) is 0 Å². The fourth-order valence-corrected chi connectivity index (χ4v) is 2.83. The molecule has 5 heteroatoms. The SMILES string of the molecule is CCCc1ccc(S(=O)(=O)Oc2ccc(CC)cn2)cc1. The molecule has 0 bridgehead atoms. The average Bonchev–Trinajstić information content (AvgIpc) is 2.48. The van der Waals surface area contributed by atoms with E-state index in [0.717, 1.165) is 30.4 Å². The molecule has 0 unspecified atom stereocenters. The van der Waals surface area contributed by atoms with Crippen LogP contribution in [0.3, 0.4) is 0 Å². The van der Waals surface area contributed by atoms with E-state index in [0.29, 0.717) is 0 Å². The van der Waals surface area contributed by atoms with Crippen molar-refractivity contribution in [1.82, 2.24) is 4.98 Å². The highest BCUT2D eigenvalue weighted by atomic mass is 32.2. The number of hydrogen-bond donors (Lipinski definition) is 0. The van der Waals surface area contributed by atoms with Gasteiger partial charge in [0.25, 0.3) is 0 Å². The van der Waals surface area contributed by atoms with Gasteiger partial charge in [-0.3, -0.25) is 0 Å². The van der Waals surface area contributed by atoms with Crippen LogP contribution in [-0.2, 0) is 23.0 Å². The maximum atomic E-state index is 12.2. The van der Waals surface area contributed by atoms with Crippen LogP contribution in [0, 0.1) is 0 Å². The van der Waals surface area contributed by atoms with Crippen LogP contribution in [0.2, 0.25) is 0 Å². The molecule has 0 aliphatic rings.